The summed E-state index contributed by atoms with van der Waals surface area (Å²) in [5.74, 6) is -1.60. The highest BCUT2D eigenvalue weighted by Gasteiger charge is 2.38. The van der Waals surface area contributed by atoms with Crippen LogP contribution in [-0.2, 0) is 23.6 Å². The van der Waals surface area contributed by atoms with Crippen LogP contribution in [-0.4, -0.2) is 35.4 Å². The van der Waals surface area contributed by atoms with Crippen molar-refractivity contribution in [2.75, 3.05) is 13.7 Å². The van der Waals surface area contributed by atoms with Gasteiger partial charge in [-0.2, -0.15) is 26.3 Å². The molecule has 0 bridgehead atoms. The molecule has 0 aliphatic heterocycles. The molecule has 1 amide bonds. The SMILES string of the molecule is COC(=O)c1csc(CN(CCC(C)C)C(=O)c2cc(C(F)(F)F)cc(C(F)(F)F)c2)n1. The summed E-state index contributed by atoms with van der Waals surface area (Å²) in [6, 6.07) is 0.780. The van der Waals surface area contributed by atoms with Crippen LogP contribution in [0, 0.1) is 5.92 Å². The number of esters is 1. The lowest BCUT2D eigenvalue weighted by atomic mass is 10.0. The fourth-order valence-electron chi connectivity index (χ4n) is 2.67. The monoisotopic (exact) mass is 482 g/mol. The maximum atomic E-state index is 13.2. The number of carbonyl (C=O) groups is 2. The number of hydrogen-bond acceptors (Lipinski definition) is 5. The highest BCUT2D eigenvalue weighted by atomic mass is 32.1. The molecule has 0 radical (unpaired) electrons. The highest BCUT2D eigenvalue weighted by Crippen LogP contribution is 2.36. The third kappa shape index (κ3) is 6.68. The lowest BCUT2D eigenvalue weighted by molar-refractivity contribution is -0.143. The van der Waals surface area contributed by atoms with E-state index in [0.29, 0.717) is 18.6 Å². The van der Waals surface area contributed by atoms with Crippen molar-refractivity contribution in [1.82, 2.24) is 9.88 Å². The first-order valence-electron chi connectivity index (χ1n) is 9.33. The lowest BCUT2D eigenvalue weighted by Crippen LogP contribution is -2.32. The molecule has 0 atom stereocenters. The molecule has 0 aliphatic carbocycles. The summed E-state index contributed by atoms with van der Waals surface area (Å²) in [7, 11) is 1.16. The Bertz CT molecular complexity index is 937. The van der Waals surface area contributed by atoms with E-state index in [2.05, 4.69) is 9.72 Å². The number of carbonyl (C=O) groups excluding carboxylic acids is 2. The van der Waals surface area contributed by atoms with Crippen LogP contribution in [0.1, 0.15) is 57.2 Å². The molecule has 0 unspecified atom stereocenters. The smallest absolute Gasteiger partial charge is 0.416 e. The molecule has 0 aliphatic rings. The first-order valence-corrected chi connectivity index (χ1v) is 10.2. The van der Waals surface area contributed by atoms with Gasteiger partial charge in [0.25, 0.3) is 5.91 Å². The summed E-state index contributed by atoms with van der Waals surface area (Å²) in [6.07, 6.45) is -9.68. The van der Waals surface area contributed by atoms with Gasteiger partial charge in [0.1, 0.15) is 5.01 Å². The number of methoxy groups -OCH3 is 1. The summed E-state index contributed by atoms with van der Waals surface area (Å²) in [6.45, 7) is 3.59. The van der Waals surface area contributed by atoms with Crippen LogP contribution in [0.4, 0.5) is 26.3 Å². The lowest BCUT2D eigenvalue weighted by Gasteiger charge is -2.24. The first-order chi connectivity index (χ1) is 14.7. The Morgan fingerprint density at radius 3 is 2.09 bits per heavy atom. The summed E-state index contributed by atoms with van der Waals surface area (Å²) < 4.78 is 83.6. The van der Waals surface area contributed by atoms with E-state index in [1.54, 1.807) is 0 Å². The van der Waals surface area contributed by atoms with Crippen LogP contribution in [0.2, 0.25) is 0 Å². The molecule has 0 fully saturated rings. The number of aromatic nitrogens is 1. The molecule has 12 heteroatoms. The minimum atomic E-state index is -5.07. The Kier molecular flexibility index (Phi) is 7.92. The average molecular weight is 482 g/mol. The van der Waals surface area contributed by atoms with E-state index in [4.69, 9.17) is 0 Å². The molecule has 1 aromatic carbocycles. The van der Waals surface area contributed by atoms with E-state index in [-0.39, 0.29) is 35.8 Å². The third-order valence-corrected chi connectivity index (χ3v) is 5.20. The predicted octanol–water partition coefficient (Wildman–Crippen LogP) is 5.66. The Balaban J connectivity index is 2.44. The largest absolute Gasteiger partial charge is 0.464 e. The Labute approximate surface area is 184 Å². The molecule has 0 spiro atoms. The molecule has 5 nitrogen and oxygen atoms in total. The van der Waals surface area contributed by atoms with Gasteiger partial charge in [0.2, 0.25) is 0 Å². The molecular weight excluding hydrogens is 462 g/mol. The fourth-order valence-corrected chi connectivity index (χ4v) is 3.45. The van der Waals surface area contributed by atoms with Crippen LogP contribution in [0.25, 0.3) is 0 Å². The van der Waals surface area contributed by atoms with E-state index < -0.39 is 40.9 Å². The minimum Gasteiger partial charge on any atom is -0.464 e. The van der Waals surface area contributed by atoms with Crippen molar-refractivity contribution in [3.63, 3.8) is 0 Å². The molecular formula is C20H20F6N2O3S. The summed E-state index contributed by atoms with van der Waals surface area (Å²) in [4.78, 5) is 29.7. The van der Waals surface area contributed by atoms with E-state index in [1.807, 2.05) is 13.8 Å². The van der Waals surface area contributed by atoms with Gasteiger partial charge >= 0.3 is 18.3 Å². The molecule has 2 rings (SSSR count). The summed E-state index contributed by atoms with van der Waals surface area (Å²) in [5.41, 5.74) is -3.88. The minimum absolute atomic E-state index is 0.0119. The van der Waals surface area contributed by atoms with Crippen molar-refractivity contribution in [2.45, 2.75) is 39.2 Å². The second kappa shape index (κ2) is 9.88. The van der Waals surface area contributed by atoms with Crippen molar-refractivity contribution >= 4 is 23.2 Å². The van der Waals surface area contributed by atoms with Crippen LogP contribution < -0.4 is 0 Å². The zero-order valence-electron chi connectivity index (χ0n) is 17.3. The van der Waals surface area contributed by atoms with Crippen molar-refractivity contribution < 1.29 is 40.7 Å². The predicted molar refractivity (Wildman–Crippen MR) is 104 cm³/mol. The molecule has 0 saturated heterocycles. The standard InChI is InChI=1S/C20H20F6N2O3S/c1-11(2)4-5-28(9-16-27-15(10-32-16)18(30)31-3)17(29)12-6-13(19(21,22)23)8-14(7-12)20(24,25)26/h6-8,10-11H,4-5,9H2,1-3H3. The number of ether oxygens (including phenoxy) is 1. The van der Waals surface area contributed by atoms with Crippen molar-refractivity contribution in [3.05, 3.63) is 51.0 Å². The van der Waals surface area contributed by atoms with Gasteiger partial charge < -0.3 is 9.64 Å². The van der Waals surface area contributed by atoms with Crippen LogP contribution >= 0.6 is 11.3 Å². The van der Waals surface area contributed by atoms with E-state index in [0.717, 1.165) is 23.3 Å². The molecule has 0 N–H and O–H groups in total. The van der Waals surface area contributed by atoms with Gasteiger partial charge in [-0.15, -0.1) is 11.3 Å². The molecule has 0 saturated carbocycles. The number of hydrogen-bond donors (Lipinski definition) is 0. The first kappa shape index (κ1) is 25.6. The molecule has 32 heavy (non-hydrogen) atoms. The Hall–Kier alpha value is -2.63. The molecule has 1 aromatic heterocycles. The quantitative estimate of drug-likeness (QED) is 0.378. The topological polar surface area (TPSA) is 59.5 Å². The summed E-state index contributed by atoms with van der Waals surface area (Å²) in [5, 5.41) is 1.67. The number of amides is 1. The van der Waals surface area contributed by atoms with Crippen LogP contribution in [0.15, 0.2) is 23.6 Å². The zero-order valence-corrected chi connectivity index (χ0v) is 18.1. The molecule has 2 aromatic rings. The fraction of sp³-hybridized carbons (Fsp3) is 0.450. The number of halogens is 6. The number of thiazole rings is 1. The maximum Gasteiger partial charge on any atom is 0.416 e. The van der Waals surface area contributed by atoms with Gasteiger partial charge in [-0.25, -0.2) is 9.78 Å². The Morgan fingerprint density at radius 2 is 1.62 bits per heavy atom. The van der Waals surface area contributed by atoms with Crippen molar-refractivity contribution in [1.29, 1.82) is 0 Å². The van der Waals surface area contributed by atoms with Crippen LogP contribution in [0.3, 0.4) is 0 Å². The Morgan fingerprint density at radius 1 is 1.06 bits per heavy atom. The second-order valence-electron chi connectivity index (χ2n) is 7.32. The van der Waals surface area contributed by atoms with Gasteiger partial charge in [0.05, 0.1) is 24.8 Å². The third-order valence-electron chi connectivity index (χ3n) is 4.37. The van der Waals surface area contributed by atoms with Gasteiger partial charge in [-0.05, 0) is 30.5 Å². The molecule has 176 valence electrons. The van der Waals surface area contributed by atoms with Gasteiger partial charge in [0.15, 0.2) is 5.69 Å². The normalized spacial score (nSPS) is 12.2. The van der Waals surface area contributed by atoms with Gasteiger partial charge in [0, 0.05) is 17.5 Å². The average Bonchev–Trinajstić information content (AvgIpc) is 3.16. The summed E-state index contributed by atoms with van der Waals surface area (Å²) >= 11 is 1.02. The second-order valence-corrected chi connectivity index (χ2v) is 8.26. The van der Waals surface area contributed by atoms with Crippen LogP contribution in [0.5, 0.6) is 0 Å². The van der Waals surface area contributed by atoms with E-state index in [1.165, 1.54) is 5.38 Å². The maximum absolute atomic E-state index is 13.2. The van der Waals surface area contributed by atoms with Gasteiger partial charge in [-0.3, -0.25) is 4.79 Å². The number of alkyl halides is 6. The highest BCUT2D eigenvalue weighted by molar-refractivity contribution is 7.09. The van der Waals surface area contributed by atoms with E-state index in [9.17, 15) is 35.9 Å². The number of nitrogens with zero attached hydrogens (tertiary/aromatic N) is 2. The van der Waals surface area contributed by atoms with Gasteiger partial charge in [-0.1, -0.05) is 13.8 Å². The van der Waals surface area contributed by atoms with E-state index >= 15 is 0 Å². The number of benzene rings is 1. The zero-order chi connectivity index (χ0) is 24.3. The van der Waals surface area contributed by atoms with Crippen molar-refractivity contribution in [2.24, 2.45) is 5.92 Å². The van der Waals surface area contributed by atoms with Crippen molar-refractivity contribution in [3.8, 4) is 0 Å². The number of rotatable bonds is 7. The molecule has 1 heterocycles.